The first-order valence-electron chi connectivity index (χ1n) is 7.03. The number of allylic oxidation sites excluding steroid dienone is 3. The van der Waals surface area contributed by atoms with E-state index in [-0.39, 0.29) is 5.54 Å². The lowest BCUT2D eigenvalue weighted by Crippen LogP contribution is -2.18. The minimum atomic E-state index is -0.0326. The van der Waals surface area contributed by atoms with Gasteiger partial charge in [0.15, 0.2) is 0 Å². The van der Waals surface area contributed by atoms with E-state index in [1.54, 1.807) is 0 Å². The smallest absolute Gasteiger partial charge is 0.122 e. The molecule has 0 bridgehead atoms. The SMILES string of the molecule is CCOC1=CCC(c2ccc(C3(N)CC3)cc2)C=[C]1. The zero-order valence-corrected chi connectivity index (χ0v) is 11.4. The highest BCUT2D eigenvalue weighted by Crippen LogP contribution is 2.42. The summed E-state index contributed by atoms with van der Waals surface area (Å²) in [7, 11) is 0. The van der Waals surface area contributed by atoms with Gasteiger partial charge < -0.3 is 10.5 Å². The molecule has 1 aromatic carbocycles. The summed E-state index contributed by atoms with van der Waals surface area (Å²) in [6.07, 6.45) is 10.7. The Hall–Kier alpha value is -1.54. The zero-order chi connectivity index (χ0) is 13.3. The Kier molecular flexibility index (Phi) is 3.19. The van der Waals surface area contributed by atoms with E-state index >= 15 is 0 Å². The molecule has 19 heavy (non-hydrogen) atoms. The molecule has 2 aliphatic carbocycles. The number of hydrogen-bond acceptors (Lipinski definition) is 2. The fraction of sp³-hybridized carbons (Fsp3) is 0.412. The summed E-state index contributed by atoms with van der Waals surface area (Å²) in [6, 6.07) is 8.76. The maximum atomic E-state index is 6.20. The van der Waals surface area contributed by atoms with Crippen LogP contribution in [0.3, 0.4) is 0 Å². The molecular weight excluding hydrogens is 234 g/mol. The second kappa shape index (κ2) is 4.86. The Morgan fingerprint density at radius 2 is 2.05 bits per heavy atom. The Bertz CT molecular complexity index is 509. The summed E-state index contributed by atoms with van der Waals surface area (Å²) in [5, 5.41) is 0. The molecule has 2 aliphatic rings. The fourth-order valence-corrected chi connectivity index (χ4v) is 2.52. The molecular formula is C17H20NO. The monoisotopic (exact) mass is 254 g/mol. The summed E-state index contributed by atoms with van der Waals surface area (Å²) in [5.74, 6) is 1.28. The molecule has 0 aliphatic heterocycles. The quantitative estimate of drug-likeness (QED) is 0.893. The first-order chi connectivity index (χ1) is 9.21. The summed E-state index contributed by atoms with van der Waals surface area (Å²) in [6.45, 7) is 2.69. The van der Waals surface area contributed by atoms with Crippen LogP contribution in [-0.2, 0) is 10.3 Å². The summed E-state index contributed by atoms with van der Waals surface area (Å²) >= 11 is 0. The van der Waals surface area contributed by atoms with Crippen molar-refractivity contribution in [2.24, 2.45) is 5.73 Å². The summed E-state index contributed by atoms with van der Waals surface area (Å²) < 4.78 is 5.44. The highest BCUT2D eigenvalue weighted by molar-refractivity contribution is 5.36. The van der Waals surface area contributed by atoms with Gasteiger partial charge in [-0.25, -0.2) is 0 Å². The van der Waals surface area contributed by atoms with Crippen molar-refractivity contribution in [3.8, 4) is 0 Å². The van der Waals surface area contributed by atoms with E-state index in [4.69, 9.17) is 10.5 Å². The molecule has 2 N–H and O–H groups in total. The Morgan fingerprint density at radius 1 is 1.32 bits per heavy atom. The molecule has 2 nitrogen and oxygen atoms in total. The second-order valence-electron chi connectivity index (χ2n) is 5.43. The molecule has 0 amide bonds. The topological polar surface area (TPSA) is 35.2 Å². The molecule has 3 rings (SSSR count). The second-order valence-corrected chi connectivity index (χ2v) is 5.43. The summed E-state index contributed by atoms with van der Waals surface area (Å²) in [5.41, 5.74) is 8.76. The van der Waals surface area contributed by atoms with Crippen LogP contribution < -0.4 is 5.73 Å². The van der Waals surface area contributed by atoms with E-state index in [0.29, 0.717) is 12.5 Å². The van der Waals surface area contributed by atoms with Gasteiger partial charge in [0.25, 0.3) is 0 Å². The molecule has 2 heteroatoms. The normalized spacial score (nSPS) is 23.9. The van der Waals surface area contributed by atoms with Gasteiger partial charge in [-0.15, -0.1) is 0 Å². The van der Waals surface area contributed by atoms with Crippen LogP contribution in [0.5, 0.6) is 0 Å². The van der Waals surface area contributed by atoms with Gasteiger partial charge in [-0.3, -0.25) is 0 Å². The van der Waals surface area contributed by atoms with E-state index in [1.165, 1.54) is 11.1 Å². The zero-order valence-electron chi connectivity index (χ0n) is 11.4. The van der Waals surface area contributed by atoms with Crippen molar-refractivity contribution in [1.82, 2.24) is 0 Å². The minimum absolute atomic E-state index is 0.0326. The van der Waals surface area contributed by atoms with Crippen LogP contribution in [0.15, 0.2) is 42.2 Å². The van der Waals surface area contributed by atoms with Crippen LogP contribution in [0.25, 0.3) is 0 Å². The Morgan fingerprint density at radius 3 is 2.58 bits per heavy atom. The van der Waals surface area contributed by atoms with Crippen molar-refractivity contribution in [1.29, 1.82) is 0 Å². The third-order valence-corrected chi connectivity index (χ3v) is 3.99. The van der Waals surface area contributed by atoms with Gasteiger partial charge in [-0.05, 0) is 43.4 Å². The highest BCUT2D eigenvalue weighted by atomic mass is 16.5. The average molecular weight is 254 g/mol. The largest absolute Gasteiger partial charge is 0.494 e. The van der Waals surface area contributed by atoms with Crippen LogP contribution in [0, 0.1) is 6.08 Å². The van der Waals surface area contributed by atoms with Crippen LogP contribution in [0.4, 0.5) is 0 Å². The Labute approximate surface area is 115 Å². The van der Waals surface area contributed by atoms with E-state index in [9.17, 15) is 0 Å². The van der Waals surface area contributed by atoms with Crippen LogP contribution >= 0.6 is 0 Å². The van der Waals surface area contributed by atoms with Gasteiger partial charge in [0.05, 0.1) is 6.61 Å². The van der Waals surface area contributed by atoms with E-state index in [1.807, 2.05) is 6.92 Å². The van der Waals surface area contributed by atoms with Gasteiger partial charge in [-0.2, -0.15) is 0 Å². The first kappa shape index (κ1) is 12.5. The summed E-state index contributed by atoms with van der Waals surface area (Å²) in [4.78, 5) is 0. The van der Waals surface area contributed by atoms with Gasteiger partial charge in [0.2, 0.25) is 0 Å². The molecule has 0 aromatic heterocycles. The third kappa shape index (κ3) is 2.59. The molecule has 1 saturated carbocycles. The third-order valence-electron chi connectivity index (χ3n) is 3.99. The van der Waals surface area contributed by atoms with Crippen LogP contribution in [-0.4, -0.2) is 6.61 Å². The van der Waals surface area contributed by atoms with Crippen molar-refractivity contribution in [3.63, 3.8) is 0 Å². The van der Waals surface area contributed by atoms with Crippen LogP contribution in [0.2, 0.25) is 0 Å². The number of rotatable bonds is 4. The molecule has 0 saturated heterocycles. The molecule has 1 unspecified atom stereocenters. The van der Waals surface area contributed by atoms with Crippen molar-refractivity contribution < 1.29 is 4.74 Å². The number of ether oxygens (including phenoxy) is 1. The van der Waals surface area contributed by atoms with Crippen molar-refractivity contribution in [2.45, 2.75) is 37.6 Å². The van der Waals surface area contributed by atoms with E-state index in [0.717, 1.165) is 25.0 Å². The first-order valence-corrected chi connectivity index (χ1v) is 7.03. The fourth-order valence-electron chi connectivity index (χ4n) is 2.52. The van der Waals surface area contributed by atoms with Crippen LogP contribution in [0.1, 0.15) is 43.2 Å². The van der Waals surface area contributed by atoms with E-state index in [2.05, 4.69) is 42.5 Å². The molecule has 1 atom stereocenters. The van der Waals surface area contributed by atoms with E-state index < -0.39 is 0 Å². The van der Waals surface area contributed by atoms with Crippen molar-refractivity contribution in [2.75, 3.05) is 6.61 Å². The average Bonchev–Trinajstić information content (AvgIpc) is 3.20. The molecule has 1 radical (unpaired) electrons. The van der Waals surface area contributed by atoms with Gasteiger partial charge in [-0.1, -0.05) is 30.3 Å². The minimum Gasteiger partial charge on any atom is -0.494 e. The number of nitrogens with two attached hydrogens (primary N) is 1. The number of hydrogen-bond donors (Lipinski definition) is 1. The predicted octanol–water partition coefficient (Wildman–Crippen LogP) is 3.40. The molecule has 99 valence electrons. The number of benzene rings is 1. The van der Waals surface area contributed by atoms with Crippen molar-refractivity contribution >= 4 is 0 Å². The molecule has 0 heterocycles. The van der Waals surface area contributed by atoms with Gasteiger partial charge in [0, 0.05) is 17.5 Å². The molecule has 1 aromatic rings. The van der Waals surface area contributed by atoms with Gasteiger partial charge >= 0.3 is 0 Å². The predicted molar refractivity (Wildman–Crippen MR) is 76.4 cm³/mol. The lowest BCUT2D eigenvalue weighted by atomic mass is 9.90. The lowest BCUT2D eigenvalue weighted by Gasteiger charge is -2.17. The lowest BCUT2D eigenvalue weighted by molar-refractivity contribution is 0.236. The van der Waals surface area contributed by atoms with Crippen molar-refractivity contribution in [3.05, 3.63) is 59.4 Å². The maximum Gasteiger partial charge on any atom is 0.122 e. The Balaban J connectivity index is 1.69. The standard InChI is InChI=1S/C17H20NO/c1-2-19-16-9-5-14(6-10-16)13-3-7-15(8-4-13)17(18)11-12-17/h3-5,7-8,10,14H,2,6,11-12,18H2,1H3. The maximum absolute atomic E-state index is 6.20. The molecule has 0 spiro atoms. The highest BCUT2D eigenvalue weighted by Gasteiger charge is 2.39. The van der Waals surface area contributed by atoms with Gasteiger partial charge in [0.1, 0.15) is 5.76 Å². The molecule has 1 fully saturated rings.